The number of nitrogens with zero attached hydrogens (tertiary/aromatic N) is 2. The van der Waals surface area contributed by atoms with Crippen LogP contribution >= 0.6 is 11.6 Å². The van der Waals surface area contributed by atoms with Gasteiger partial charge in [-0.1, -0.05) is 11.6 Å². The third-order valence-corrected chi connectivity index (χ3v) is 4.58. The van der Waals surface area contributed by atoms with Crippen molar-refractivity contribution < 1.29 is 9.59 Å². The van der Waals surface area contributed by atoms with Crippen LogP contribution in [-0.2, 0) is 9.59 Å². The summed E-state index contributed by atoms with van der Waals surface area (Å²) >= 11 is 5.97. The number of nitrogens with one attached hydrogen (secondary N) is 2. The maximum absolute atomic E-state index is 12.3. The molecular formula is C16H19ClN4O3. The van der Waals surface area contributed by atoms with Gasteiger partial charge >= 0.3 is 5.69 Å². The van der Waals surface area contributed by atoms with Crippen LogP contribution in [0.3, 0.4) is 0 Å². The van der Waals surface area contributed by atoms with Crippen LogP contribution in [0.5, 0.6) is 0 Å². The van der Waals surface area contributed by atoms with Crippen molar-refractivity contribution in [1.82, 2.24) is 19.8 Å². The van der Waals surface area contributed by atoms with E-state index in [1.165, 1.54) is 6.92 Å². The fourth-order valence-corrected chi connectivity index (χ4v) is 3.32. The highest BCUT2D eigenvalue weighted by Crippen LogP contribution is 2.26. The van der Waals surface area contributed by atoms with Gasteiger partial charge in [-0.05, 0) is 31.0 Å². The number of likely N-dealkylation sites (tertiary alicyclic amines) is 1. The van der Waals surface area contributed by atoms with Gasteiger partial charge in [-0.3, -0.25) is 14.2 Å². The van der Waals surface area contributed by atoms with Crippen LogP contribution in [0.1, 0.15) is 25.8 Å². The summed E-state index contributed by atoms with van der Waals surface area (Å²) in [4.78, 5) is 39.8. The van der Waals surface area contributed by atoms with Gasteiger partial charge in [0.05, 0.1) is 17.6 Å². The Morgan fingerprint density at radius 1 is 1.33 bits per heavy atom. The molecule has 24 heavy (non-hydrogen) atoms. The second-order valence-electron chi connectivity index (χ2n) is 5.98. The van der Waals surface area contributed by atoms with Crippen molar-refractivity contribution in [2.75, 3.05) is 19.6 Å². The van der Waals surface area contributed by atoms with Crippen molar-refractivity contribution in [2.45, 2.75) is 25.8 Å². The van der Waals surface area contributed by atoms with Crippen molar-refractivity contribution in [3.8, 4) is 0 Å². The lowest BCUT2D eigenvalue weighted by Gasteiger charge is -2.32. The molecule has 1 aromatic carbocycles. The minimum atomic E-state index is -0.220. The molecule has 2 amide bonds. The van der Waals surface area contributed by atoms with Crippen molar-refractivity contribution in [3.63, 3.8) is 0 Å². The van der Waals surface area contributed by atoms with Gasteiger partial charge in [0.2, 0.25) is 11.8 Å². The average molecular weight is 351 g/mol. The number of halogens is 1. The van der Waals surface area contributed by atoms with E-state index in [2.05, 4.69) is 10.3 Å². The van der Waals surface area contributed by atoms with Gasteiger partial charge in [0.1, 0.15) is 0 Å². The summed E-state index contributed by atoms with van der Waals surface area (Å²) in [5, 5.41) is 3.10. The summed E-state index contributed by atoms with van der Waals surface area (Å²) in [6.45, 7) is 2.53. The minimum Gasteiger partial charge on any atom is -0.347 e. The van der Waals surface area contributed by atoms with E-state index in [-0.39, 0.29) is 30.1 Å². The maximum atomic E-state index is 12.3. The molecule has 2 N–H and O–H groups in total. The van der Waals surface area contributed by atoms with E-state index in [1.54, 1.807) is 21.6 Å². The minimum absolute atomic E-state index is 0.0194. The largest absolute Gasteiger partial charge is 0.347 e. The van der Waals surface area contributed by atoms with Crippen LogP contribution in [0, 0.1) is 0 Å². The van der Waals surface area contributed by atoms with Crippen LogP contribution < -0.4 is 11.0 Å². The molecule has 2 heterocycles. The highest BCUT2D eigenvalue weighted by atomic mass is 35.5. The predicted molar refractivity (Wildman–Crippen MR) is 91.1 cm³/mol. The fraction of sp³-hybridized carbons (Fsp3) is 0.438. The topological polar surface area (TPSA) is 87.2 Å². The molecule has 0 aliphatic carbocycles. The number of aromatic nitrogens is 2. The first-order chi connectivity index (χ1) is 11.5. The summed E-state index contributed by atoms with van der Waals surface area (Å²) in [6, 6.07) is 5.38. The second-order valence-corrected chi connectivity index (χ2v) is 6.42. The van der Waals surface area contributed by atoms with Gasteiger partial charge in [0.15, 0.2) is 0 Å². The number of piperidine rings is 1. The molecule has 0 spiro atoms. The highest BCUT2D eigenvalue weighted by molar-refractivity contribution is 6.31. The molecule has 1 fully saturated rings. The number of amides is 2. The van der Waals surface area contributed by atoms with Crippen LogP contribution in [0.15, 0.2) is 23.0 Å². The van der Waals surface area contributed by atoms with Gasteiger partial charge < -0.3 is 15.2 Å². The van der Waals surface area contributed by atoms with Crippen molar-refractivity contribution >= 4 is 34.4 Å². The molecular weight excluding hydrogens is 332 g/mol. The lowest BCUT2D eigenvalue weighted by atomic mass is 10.0. The van der Waals surface area contributed by atoms with Gasteiger partial charge in [0, 0.05) is 31.1 Å². The van der Waals surface area contributed by atoms with E-state index >= 15 is 0 Å². The monoisotopic (exact) mass is 350 g/mol. The first-order valence-electron chi connectivity index (χ1n) is 7.87. The van der Waals surface area contributed by atoms with Gasteiger partial charge in [0.25, 0.3) is 0 Å². The Morgan fingerprint density at radius 3 is 2.71 bits per heavy atom. The Bertz CT molecular complexity index is 833. The number of H-pyrrole nitrogens is 1. The van der Waals surface area contributed by atoms with E-state index in [1.807, 2.05) is 6.07 Å². The number of hydrogen-bond acceptors (Lipinski definition) is 3. The molecule has 0 bridgehead atoms. The van der Waals surface area contributed by atoms with E-state index in [0.717, 1.165) is 11.0 Å². The first-order valence-corrected chi connectivity index (χ1v) is 8.25. The summed E-state index contributed by atoms with van der Waals surface area (Å²) in [5.74, 6) is -0.316. The predicted octanol–water partition coefficient (Wildman–Crippen LogP) is 1.28. The molecule has 8 heteroatoms. The van der Waals surface area contributed by atoms with Crippen molar-refractivity contribution in [2.24, 2.45) is 0 Å². The number of benzene rings is 1. The number of aromatic amines is 1. The third-order valence-electron chi connectivity index (χ3n) is 4.35. The standard InChI is InChI=1S/C16H19ClN4O3/c1-10(22)18-9-15(23)20-6-4-12(5-7-20)21-14-3-2-11(17)8-13(14)19-16(21)24/h2-3,8,12H,4-7,9H2,1H3,(H,18,22)(H,19,24). The smallest absolute Gasteiger partial charge is 0.326 e. The highest BCUT2D eigenvalue weighted by Gasteiger charge is 2.26. The summed E-state index contributed by atoms with van der Waals surface area (Å²) < 4.78 is 1.75. The average Bonchev–Trinajstić information content (AvgIpc) is 2.87. The fourth-order valence-electron chi connectivity index (χ4n) is 3.15. The van der Waals surface area contributed by atoms with Gasteiger partial charge in [-0.25, -0.2) is 4.79 Å². The Morgan fingerprint density at radius 2 is 2.04 bits per heavy atom. The molecule has 3 rings (SSSR count). The second kappa shape index (κ2) is 6.68. The third kappa shape index (κ3) is 3.31. The van der Waals surface area contributed by atoms with Gasteiger partial charge in [-0.2, -0.15) is 0 Å². The number of carbonyl (C=O) groups excluding carboxylic acids is 2. The summed E-state index contributed by atoms with van der Waals surface area (Å²) in [5.41, 5.74) is 1.39. The lowest BCUT2D eigenvalue weighted by molar-refractivity contribution is -0.133. The molecule has 1 aromatic heterocycles. The SMILES string of the molecule is CC(=O)NCC(=O)N1CCC(n2c(=O)[nH]c3cc(Cl)ccc32)CC1. The van der Waals surface area contributed by atoms with Crippen LogP contribution in [0.2, 0.25) is 5.02 Å². The number of fused-ring (bicyclic) bond motifs is 1. The van der Waals surface area contributed by atoms with Crippen LogP contribution in [-0.4, -0.2) is 45.9 Å². The Labute approximate surface area is 143 Å². The molecule has 1 saturated heterocycles. The summed E-state index contributed by atoms with van der Waals surface area (Å²) in [6.07, 6.45) is 1.39. The Balaban J connectivity index is 1.71. The quantitative estimate of drug-likeness (QED) is 0.874. The normalized spacial score (nSPS) is 15.7. The lowest BCUT2D eigenvalue weighted by Crippen LogP contribution is -2.44. The number of carbonyl (C=O) groups is 2. The molecule has 2 aromatic rings. The molecule has 1 aliphatic heterocycles. The van der Waals surface area contributed by atoms with E-state index < -0.39 is 0 Å². The zero-order valence-corrected chi connectivity index (χ0v) is 14.1. The zero-order valence-electron chi connectivity index (χ0n) is 13.3. The summed E-state index contributed by atoms with van der Waals surface area (Å²) in [7, 11) is 0. The Hall–Kier alpha value is -2.28. The first kappa shape index (κ1) is 16.6. The zero-order chi connectivity index (χ0) is 17.3. The molecule has 0 saturated carbocycles. The molecule has 0 unspecified atom stereocenters. The maximum Gasteiger partial charge on any atom is 0.326 e. The molecule has 0 radical (unpaired) electrons. The van der Waals surface area contributed by atoms with Gasteiger partial charge in [-0.15, -0.1) is 0 Å². The number of hydrogen-bond donors (Lipinski definition) is 2. The van der Waals surface area contributed by atoms with Crippen molar-refractivity contribution in [3.05, 3.63) is 33.7 Å². The van der Waals surface area contributed by atoms with E-state index in [9.17, 15) is 14.4 Å². The molecule has 128 valence electrons. The molecule has 1 aliphatic rings. The van der Waals surface area contributed by atoms with Crippen LogP contribution in [0.25, 0.3) is 11.0 Å². The van der Waals surface area contributed by atoms with E-state index in [0.29, 0.717) is 31.0 Å². The number of imidazole rings is 1. The molecule has 0 atom stereocenters. The number of rotatable bonds is 3. The van der Waals surface area contributed by atoms with E-state index in [4.69, 9.17) is 11.6 Å². The van der Waals surface area contributed by atoms with Crippen LogP contribution in [0.4, 0.5) is 0 Å². The van der Waals surface area contributed by atoms with Crippen molar-refractivity contribution in [1.29, 1.82) is 0 Å². The molecule has 7 nitrogen and oxygen atoms in total. The Kier molecular flexibility index (Phi) is 4.62.